The fraction of sp³-hybridized carbons (Fsp3) is 0.618. The molecule has 8 atom stereocenters. The van der Waals surface area contributed by atoms with Crippen LogP contribution in [0, 0.1) is 23.7 Å². The van der Waals surface area contributed by atoms with Crippen molar-refractivity contribution < 1.29 is 66.8 Å². The number of ether oxygens (including phenoxy) is 6. The zero-order chi connectivity index (χ0) is 65.7. The van der Waals surface area contributed by atoms with Gasteiger partial charge in [0, 0.05) is 65.6 Å². The van der Waals surface area contributed by atoms with Crippen LogP contribution in [0.3, 0.4) is 0 Å². The van der Waals surface area contributed by atoms with E-state index in [2.05, 4.69) is 10.2 Å². The molecule has 3 heterocycles. The van der Waals surface area contributed by atoms with Gasteiger partial charge in [-0.1, -0.05) is 104 Å². The third-order valence-electron chi connectivity index (χ3n) is 17.0. The third kappa shape index (κ3) is 19.1. The summed E-state index contributed by atoms with van der Waals surface area (Å²) in [6.07, 6.45) is 4.22. The molecule has 2 aliphatic carbocycles. The van der Waals surface area contributed by atoms with Crippen LogP contribution in [0.2, 0.25) is 0 Å². The van der Waals surface area contributed by atoms with Crippen molar-refractivity contribution in [1.82, 2.24) is 39.2 Å². The number of benzene rings is 2. The largest absolute Gasteiger partial charge is 0.473 e. The maximum absolute atomic E-state index is 15.1. The summed E-state index contributed by atoms with van der Waals surface area (Å²) in [5.41, 5.74) is 3.00. The zero-order valence-corrected chi connectivity index (χ0v) is 55.2. The first kappa shape index (κ1) is 69.7. The average molecular weight is 1250 g/mol. The van der Waals surface area contributed by atoms with Gasteiger partial charge in [0.25, 0.3) is 23.6 Å². The first-order valence-corrected chi connectivity index (χ1v) is 32.1. The molecule has 22 heteroatoms. The number of hydrogen-bond donors (Lipinski definition) is 0. The fourth-order valence-corrected chi connectivity index (χ4v) is 11.2. The van der Waals surface area contributed by atoms with Gasteiger partial charge >= 0.3 is 23.9 Å². The van der Waals surface area contributed by atoms with Crippen LogP contribution in [0.4, 0.5) is 0 Å². The van der Waals surface area contributed by atoms with E-state index in [1.54, 1.807) is 9.36 Å². The van der Waals surface area contributed by atoms with E-state index in [0.29, 0.717) is 36.0 Å². The minimum atomic E-state index is -1.55. The van der Waals surface area contributed by atoms with Crippen LogP contribution >= 0.6 is 0 Å². The zero-order valence-electron chi connectivity index (χ0n) is 55.2. The van der Waals surface area contributed by atoms with Gasteiger partial charge in [-0.15, -0.1) is 10.2 Å². The Bertz CT molecular complexity index is 2860. The number of cyclic esters (lactones) is 4. The van der Waals surface area contributed by atoms with Gasteiger partial charge in [-0.3, -0.25) is 28.5 Å². The van der Waals surface area contributed by atoms with Gasteiger partial charge in [-0.25, -0.2) is 19.2 Å². The highest BCUT2D eigenvalue weighted by atomic mass is 16.6. The van der Waals surface area contributed by atoms with Crippen LogP contribution in [-0.2, 0) is 83.2 Å². The van der Waals surface area contributed by atoms with E-state index in [1.165, 1.54) is 42.0 Å². The number of hydrogen-bond acceptors (Lipinski definition) is 16. The molecule has 1 saturated heterocycles. The Morgan fingerprint density at radius 2 is 0.689 bits per heavy atom. The highest BCUT2D eigenvalue weighted by molar-refractivity contribution is 5.94. The summed E-state index contributed by atoms with van der Waals surface area (Å²) in [6, 6.07) is 13.2. The summed E-state index contributed by atoms with van der Waals surface area (Å²) in [6.45, 7) is 18.4. The molecule has 0 bridgehead atoms. The molecule has 1 aliphatic heterocycles. The highest BCUT2D eigenvalue weighted by Crippen LogP contribution is 2.28. The molecule has 4 aromatic rings. The second-order valence-electron chi connectivity index (χ2n) is 26.5. The lowest BCUT2D eigenvalue weighted by Gasteiger charge is -2.35. The topological polar surface area (TPSA) is 241 Å². The first-order valence-electron chi connectivity index (χ1n) is 32.1. The van der Waals surface area contributed by atoms with Crippen molar-refractivity contribution >= 4 is 47.5 Å². The van der Waals surface area contributed by atoms with Gasteiger partial charge in [0.1, 0.15) is 36.4 Å². The van der Waals surface area contributed by atoms with Crippen LogP contribution in [0.25, 0.3) is 0 Å². The number of amides is 4. The molecule has 492 valence electrons. The van der Waals surface area contributed by atoms with Crippen molar-refractivity contribution in [1.29, 1.82) is 0 Å². The van der Waals surface area contributed by atoms with Crippen molar-refractivity contribution in [2.24, 2.45) is 23.7 Å². The Morgan fingerprint density at radius 1 is 0.411 bits per heavy atom. The van der Waals surface area contributed by atoms with Crippen molar-refractivity contribution in [3.05, 3.63) is 95.3 Å². The minimum Gasteiger partial charge on any atom is -0.473 e. The quantitative estimate of drug-likeness (QED) is 0.0601. The maximum Gasteiger partial charge on any atom is 0.329 e. The van der Waals surface area contributed by atoms with E-state index >= 15 is 9.59 Å². The molecule has 3 fully saturated rings. The predicted molar refractivity (Wildman–Crippen MR) is 334 cm³/mol. The van der Waals surface area contributed by atoms with Gasteiger partial charge in [0.2, 0.25) is 11.8 Å². The smallest absolute Gasteiger partial charge is 0.329 e. The lowest BCUT2D eigenvalue weighted by atomic mass is 9.96. The molecule has 0 spiro atoms. The fourth-order valence-electron chi connectivity index (χ4n) is 11.2. The van der Waals surface area contributed by atoms with Crippen LogP contribution in [-0.4, -0.2) is 176 Å². The van der Waals surface area contributed by atoms with Crippen molar-refractivity contribution in [2.45, 2.75) is 220 Å². The molecule has 2 aromatic heterocycles. The standard InChI is InChI=1S/C68H96N8O14/c1-41(2)33-53-65(81)85-45(9)61(77)71(11)56(36-44(7)8)68(84)90-58(38-48-23-27-50(28-24-48)40-76-32-30-60(70-76)88-52-19-16-20-52)64(80)74(14)54(34-42(3)4)66(82)86-46(10)62(78)72(12)55(35-43(5)6)67(83)89-57(63(79)73(53)13)37-47-21-25-49(26-22-47)39-75-31-29-59(69-75)87-51-17-15-18-51/h21-32,41-46,51-58H,15-20,33-40H2,1-14H3/t45-,46-,53+,54+,55+,56+,57-,58-/m1/s1. The van der Waals surface area contributed by atoms with Crippen molar-refractivity contribution in [2.75, 3.05) is 28.2 Å². The van der Waals surface area contributed by atoms with E-state index in [0.717, 1.165) is 69.3 Å². The van der Waals surface area contributed by atoms with Crippen LogP contribution in [0.15, 0.2) is 73.1 Å². The van der Waals surface area contributed by atoms with Crippen LogP contribution in [0.1, 0.15) is 156 Å². The maximum atomic E-state index is 15.1. The number of likely N-dealkylation sites (N-methyl/N-ethyl adjacent to an activating group) is 4. The second-order valence-corrected chi connectivity index (χ2v) is 26.5. The lowest BCUT2D eigenvalue weighted by molar-refractivity contribution is -0.176. The molecular weight excluding hydrogens is 1150 g/mol. The molecule has 2 saturated carbocycles. The highest BCUT2D eigenvalue weighted by Gasteiger charge is 2.43. The summed E-state index contributed by atoms with van der Waals surface area (Å²) in [5.74, 6) is -6.40. The van der Waals surface area contributed by atoms with E-state index in [9.17, 15) is 28.8 Å². The summed E-state index contributed by atoms with van der Waals surface area (Å²) in [7, 11) is 5.59. The van der Waals surface area contributed by atoms with Gasteiger partial charge < -0.3 is 48.0 Å². The monoisotopic (exact) mass is 1250 g/mol. The molecule has 22 nitrogen and oxygen atoms in total. The Hall–Kier alpha value is -7.78. The van der Waals surface area contributed by atoms with Gasteiger partial charge in [-0.05, 0) is 124 Å². The van der Waals surface area contributed by atoms with Gasteiger partial charge in [0.05, 0.1) is 13.1 Å². The molecule has 0 unspecified atom stereocenters. The van der Waals surface area contributed by atoms with E-state index in [1.807, 2.05) is 128 Å². The first-order chi connectivity index (χ1) is 42.6. The number of rotatable bonds is 20. The molecule has 7 rings (SSSR count). The van der Waals surface area contributed by atoms with Gasteiger partial charge in [0.15, 0.2) is 24.4 Å². The molecule has 0 radical (unpaired) electrons. The van der Waals surface area contributed by atoms with E-state index in [4.69, 9.17) is 28.4 Å². The lowest BCUT2D eigenvalue weighted by Crippen LogP contribution is -2.55. The summed E-state index contributed by atoms with van der Waals surface area (Å²) >= 11 is 0. The predicted octanol–water partition coefficient (Wildman–Crippen LogP) is 8.02. The van der Waals surface area contributed by atoms with E-state index in [-0.39, 0.29) is 74.4 Å². The Labute approximate surface area is 530 Å². The minimum absolute atomic E-state index is 0.0751. The SMILES string of the molecule is CC(C)C[C@H]1C(=O)O[C@H](Cc2ccc(Cn3ccc(OC4CCC4)n3)cc2)C(=O)N(C)[C@@H](CC(C)C)C(=O)O[C@H](C)C(=O)N(C)[C@@H](CC(C)C)C(=O)O[C@H](Cc2ccc(Cn3ccc(OC4CCC4)n3)cc2)C(=O)N(C)[C@@H](CC(C)C)C(=O)O[C@H](C)C(=O)N1C. The summed E-state index contributed by atoms with van der Waals surface area (Å²) in [5, 5.41) is 9.15. The number of nitrogens with zero attached hydrogens (tertiary/aromatic N) is 8. The third-order valence-corrected chi connectivity index (χ3v) is 17.0. The Balaban J connectivity index is 1.21. The van der Waals surface area contributed by atoms with Crippen LogP contribution in [0.5, 0.6) is 11.8 Å². The molecule has 0 N–H and O–H groups in total. The summed E-state index contributed by atoms with van der Waals surface area (Å²) < 4.78 is 39.9. The molecule has 90 heavy (non-hydrogen) atoms. The normalized spacial score (nSPS) is 23.8. The number of aromatic nitrogens is 4. The summed E-state index contributed by atoms with van der Waals surface area (Å²) in [4.78, 5) is 123. The second kappa shape index (κ2) is 31.8. The molecular formula is C68H96N8O14. The number of esters is 4. The van der Waals surface area contributed by atoms with Crippen molar-refractivity contribution in [3.8, 4) is 11.8 Å². The molecule has 4 amide bonds. The number of carbonyl (C=O) groups excluding carboxylic acids is 8. The van der Waals surface area contributed by atoms with Crippen LogP contribution < -0.4 is 9.47 Å². The van der Waals surface area contributed by atoms with Crippen molar-refractivity contribution in [3.63, 3.8) is 0 Å². The Morgan fingerprint density at radius 3 is 0.967 bits per heavy atom. The molecule has 3 aliphatic rings. The molecule has 2 aromatic carbocycles. The van der Waals surface area contributed by atoms with E-state index < -0.39 is 96.1 Å². The Kier molecular flexibility index (Phi) is 24.6. The number of carbonyl (C=O) groups is 8. The average Bonchev–Trinajstić information content (AvgIpc) is 1.22. The van der Waals surface area contributed by atoms with Gasteiger partial charge in [-0.2, -0.15) is 0 Å².